The highest BCUT2D eigenvalue weighted by Gasteiger charge is 2.42. The summed E-state index contributed by atoms with van der Waals surface area (Å²) in [5.41, 5.74) is 0.305. The van der Waals surface area contributed by atoms with Crippen LogP contribution in [0.1, 0.15) is 65.2 Å². The van der Waals surface area contributed by atoms with Crippen LogP contribution >= 0.6 is 0 Å². The monoisotopic (exact) mass is 283 g/mol. The fourth-order valence-corrected chi connectivity index (χ4v) is 3.31. The number of rotatable bonds is 7. The maximum absolute atomic E-state index is 10.6. The van der Waals surface area contributed by atoms with E-state index in [1.807, 2.05) is 0 Å². The van der Waals surface area contributed by atoms with E-state index in [0.717, 1.165) is 38.8 Å². The molecule has 1 spiro atoms. The Morgan fingerprint density at radius 1 is 1.40 bits per heavy atom. The minimum atomic E-state index is -0.692. The van der Waals surface area contributed by atoms with Gasteiger partial charge in [0.05, 0.1) is 5.60 Å². The predicted molar refractivity (Wildman–Crippen MR) is 78.8 cm³/mol. The summed E-state index contributed by atoms with van der Waals surface area (Å²) in [6.07, 6.45) is 8.10. The van der Waals surface area contributed by atoms with Gasteiger partial charge in [-0.15, -0.1) is 0 Å². The fourth-order valence-electron chi connectivity index (χ4n) is 3.31. The third kappa shape index (κ3) is 4.45. The molecule has 0 aromatic heterocycles. The third-order valence-corrected chi connectivity index (χ3v) is 5.01. The minimum Gasteiger partial charge on any atom is -0.481 e. The smallest absolute Gasteiger partial charge is 0.303 e. The largest absolute Gasteiger partial charge is 0.481 e. The summed E-state index contributed by atoms with van der Waals surface area (Å²) >= 11 is 0. The van der Waals surface area contributed by atoms with Crippen LogP contribution in [0.25, 0.3) is 0 Å². The van der Waals surface area contributed by atoms with Crippen molar-refractivity contribution in [3.63, 3.8) is 0 Å². The van der Waals surface area contributed by atoms with E-state index < -0.39 is 5.97 Å². The van der Waals surface area contributed by atoms with Gasteiger partial charge in [-0.05, 0) is 56.9 Å². The average molecular weight is 283 g/mol. The molecule has 4 nitrogen and oxygen atoms in total. The molecule has 1 saturated carbocycles. The van der Waals surface area contributed by atoms with Gasteiger partial charge in [-0.3, -0.25) is 4.79 Å². The molecule has 1 saturated heterocycles. The molecule has 1 atom stereocenters. The number of hydrogen-bond acceptors (Lipinski definition) is 3. The molecule has 2 aliphatic rings. The van der Waals surface area contributed by atoms with E-state index in [1.54, 1.807) is 0 Å². The minimum absolute atomic E-state index is 0.102. The zero-order chi connectivity index (χ0) is 14.6. The number of ether oxygens (including phenoxy) is 1. The maximum atomic E-state index is 10.6. The number of carboxylic acids is 1. The van der Waals surface area contributed by atoms with Gasteiger partial charge in [0.2, 0.25) is 0 Å². The molecule has 2 N–H and O–H groups in total. The van der Waals surface area contributed by atoms with Gasteiger partial charge in [0.1, 0.15) is 0 Å². The first kappa shape index (κ1) is 15.8. The van der Waals surface area contributed by atoms with Crippen molar-refractivity contribution in [2.45, 2.75) is 76.9 Å². The summed E-state index contributed by atoms with van der Waals surface area (Å²) in [5.74, 6) is -0.692. The van der Waals surface area contributed by atoms with Crippen LogP contribution in [0.3, 0.4) is 0 Å². The second-order valence-electron chi connectivity index (χ2n) is 7.34. The topological polar surface area (TPSA) is 58.6 Å². The Labute approximate surface area is 122 Å². The Kier molecular flexibility index (Phi) is 5.08. The molecular formula is C16H29NO3. The predicted octanol–water partition coefficient (Wildman–Crippen LogP) is 2.96. The summed E-state index contributed by atoms with van der Waals surface area (Å²) in [7, 11) is 0. The molecule has 2 fully saturated rings. The molecule has 0 amide bonds. The second-order valence-corrected chi connectivity index (χ2v) is 7.34. The SMILES string of the molecule is CC(C)(CCNC1CCOC2(CCC2)C1)CCC(=O)O. The van der Waals surface area contributed by atoms with Crippen molar-refractivity contribution in [3.8, 4) is 0 Å². The molecule has 1 heterocycles. The summed E-state index contributed by atoms with van der Waals surface area (Å²) in [6.45, 7) is 6.19. The molecule has 0 bridgehead atoms. The van der Waals surface area contributed by atoms with E-state index in [-0.39, 0.29) is 17.4 Å². The summed E-state index contributed by atoms with van der Waals surface area (Å²) in [4.78, 5) is 10.6. The van der Waals surface area contributed by atoms with Crippen molar-refractivity contribution in [2.75, 3.05) is 13.2 Å². The van der Waals surface area contributed by atoms with Gasteiger partial charge in [0.25, 0.3) is 0 Å². The van der Waals surface area contributed by atoms with Gasteiger partial charge >= 0.3 is 5.97 Å². The van der Waals surface area contributed by atoms with Crippen LogP contribution in [-0.4, -0.2) is 35.9 Å². The molecule has 2 rings (SSSR count). The lowest BCUT2D eigenvalue weighted by atomic mass is 9.74. The van der Waals surface area contributed by atoms with Crippen molar-refractivity contribution in [1.82, 2.24) is 5.32 Å². The maximum Gasteiger partial charge on any atom is 0.303 e. The number of nitrogens with one attached hydrogen (secondary N) is 1. The molecule has 1 aliphatic carbocycles. The molecule has 1 unspecified atom stereocenters. The van der Waals surface area contributed by atoms with Gasteiger partial charge < -0.3 is 15.2 Å². The first-order chi connectivity index (χ1) is 9.41. The summed E-state index contributed by atoms with van der Waals surface area (Å²) < 4.78 is 5.94. The van der Waals surface area contributed by atoms with Crippen LogP contribution in [0, 0.1) is 5.41 Å². The van der Waals surface area contributed by atoms with Crippen molar-refractivity contribution in [1.29, 1.82) is 0 Å². The Hall–Kier alpha value is -0.610. The lowest BCUT2D eigenvalue weighted by molar-refractivity contribution is -0.138. The number of carbonyl (C=O) groups is 1. The van der Waals surface area contributed by atoms with E-state index in [1.165, 1.54) is 19.3 Å². The van der Waals surface area contributed by atoms with Gasteiger partial charge in [-0.2, -0.15) is 0 Å². The first-order valence-electron chi connectivity index (χ1n) is 8.00. The zero-order valence-electron chi connectivity index (χ0n) is 12.9. The highest BCUT2D eigenvalue weighted by atomic mass is 16.5. The molecule has 0 radical (unpaired) electrons. The number of carboxylic acid groups (broad SMARTS) is 1. The first-order valence-corrected chi connectivity index (χ1v) is 8.00. The molecule has 0 aromatic carbocycles. The molecule has 0 aromatic rings. The standard InChI is InChI=1S/C16H29NO3/c1-15(2,8-4-14(18)19)9-10-17-13-5-11-20-16(12-13)6-3-7-16/h13,17H,3-12H2,1-2H3,(H,18,19). The molecule has 4 heteroatoms. The van der Waals surface area contributed by atoms with Crippen molar-refractivity contribution in [2.24, 2.45) is 5.41 Å². The molecule has 116 valence electrons. The number of aliphatic carboxylic acids is 1. The average Bonchev–Trinajstić information content (AvgIpc) is 2.35. The quantitative estimate of drug-likeness (QED) is 0.754. The molecular weight excluding hydrogens is 254 g/mol. The van der Waals surface area contributed by atoms with Gasteiger partial charge in [-0.1, -0.05) is 13.8 Å². The lowest BCUT2D eigenvalue weighted by Gasteiger charge is -2.47. The Balaban J connectivity index is 1.66. The van der Waals surface area contributed by atoms with E-state index in [2.05, 4.69) is 19.2 Å². The van der Waals surface area contributed by atoms with E-state index in [0.29, 0.717) is 6.04 Å². The van der Waals surface area contributed by atoms with Crippen molar-refractivity contribution < 1.29 is 14.6 Å². The summed E-state index contributed by atoms with van der Waals surface area (Å²) in [5, 5.41) is 12.4. The van der Waals surface area contributed by atoms with Crippen LogP contribution in [0.15, 0.2) is 0 Å². The van der Waals surface area contributed by atoms with E-state index in [9.17, 15) is 4.79 Å². The molecule has 20 heavy (non-hydrogen) atoms. The van der Waals surface area contributed by atoms with Crippen molar-refractivity contribution in [3.05, 3.63) is 0 Å². The Morgan fingerprint density at radius 3 is 2.75 bits per heavy atom. The third-order valence-electron chi connectivity index (χ3n) is 5.01. The van der Waals surface area contributed by atoms with Gasteiger partial charge in [0.15, 0.2) is 0 Å². The highest BCUT2D eigenvalue weighted by molar-refractivity contribution is 5.66. The van der Waals surface area contributed by atoms with Crippen LogP contribution in [-0.2, 0) is 9.53 Å². The number of hydrogen-bond donors (Lipinski definition) is 2. The second kappa shape index (κ2) is 6.44. The van der Waals surface area contributed by atoms with Crippen LogP contribution in [0.5, 0.6) is 0 Å². The van der Waals surface area contributed by atoms with Crippen molar-refractivity contribution >= 4 is 5.97 Å². The highest BCUT2D eigenvalue weighted by Crippen LogP contribution is 2.42. The lowest BCUT2D eigenvalue weighted by Crippen LogP contribution is -2.51. The Bertz CT molecular complexity index is 337. The van der Waals surface area contributed by atoms with E-state index >= 15 is 0 Å². The fraction of sp³-hybridized carbons (Fsp3) is 0.938. The van der Waals surface area contributed by atoms with E-state index in [4.69, 9.17) is 9.84 Å². The Morgan fingerprint density at radius 2 is 2.15 bits per heavy atom. The zero-order valence-corrected chi connectivity index (χ0v) is 12.9. The normalized spacial score (nSPS) is 25.4. The van der Waals surface area contributed by atoms with Crippen LogP contribution < -0.4 is 5.32 Å². The van der Waals surface area contributed by atoms with Gasteiger partial charge in [-0.25, -0.2) is 0 Å². The molecule has 1 aliphatic heterocycles. The van der Waals surface area contributed by atoms with Crippen LogP contribution in [0.2, 0.25) is 0 Å². The van der Waals surface area contributed by atoms with Crippen LogP contribution in [0.4, 0.5) is 0 Å². The summed E-state index contributed by atoms with van der Waals surface area (Å²) in [6, 6.07) is 0.583. The van der Waals surface area contributed by atoms with Gasteiger partial charge in [0, 0.05) is 19.1 Å².